The number of aromatic nitrogens is 1. The summed E-state index contributed by atoms with van der Waals surface area (Å²) in [7, 11) is 0. The second kappa shape index (κ2) is 7.26. The molecule has 21 heavy (non-hydrogen) atoms. The number of ether oxygens (including phenoxy) is 1. The Morgan fingerprint density at radius 3 is 3.10 bits per heavy atom. The maximum Gasteiger partial charge on any atom is 0.407 e. The van der Waals surface area contributed by atoms with Crippen LogP contribution in [0.1, 0.15) is 30.1 Å². The molecule has 0 aromatic carbocycles. The van der Waals surface area contributed by atoms with Crippen LogP contribution in [0.3, 0.4) is 0 Å². The van der Waals surface area contributed by atoms with E-state index in [2.05, 4.69) is 10.3 Å². The van der Waals surface area contributed by atoms with Crippen molar-refractivity contribution >= 4 is 23.6 Å². The molecule has 6 nitrogen and oxygen atoms in total. The molecular weight excluding hydrogens is 294 g/mol. The molecule has 1 aliphatic rings. The van der Waals surface area contributed by atoms with Crippen molar-refractivity contribution < 1.29 is 14.3 Å². The van der Waals surface area contributed by atoms with Crippen LogP contribution in [-0.4, -0.2) is 47.6 Å². The molecule has 2 amide bonds. The summed E-state index contributed by atoms with van der Waals surface area (Å²) < 4.78 is 4.86. The molecule has 1 atom stereocenters. The number of carbonyl (C=O) groups is 2. The highest BCUT2D eigenvalue weighted by atomic mass is 35.5. The Balaban J connectivity index is 1.97. The third-order valence-electron chi connectivity index (χ3n) is 3.28. The zero-order chi connectivity index (χ0) is 15.2. The average Bonchev–Trinajstić information content (AvgIpc) is 2.47. The summed E-state index contributed by atoms with van der Waals surface area (Å²) in [4.78, 5) is 29.4. The Hall–Kier alpha value is -1.82. The zero-order valence-corrected chi connectivity index (χ0v) is 12.6. The maximum atomic E-state index is 12.4. The Labute approximate surface area is 128 Å². The van der Waals surface area contributed by atoms with Crippen molar-refractivity contribution in [2.75, 3.05) is 19.7 Å². The highest BCUT2D eigenvalue weighted by Crippen LogP contribution is 2.15. The van der Waals surface area contributed by atoms with Gasteiger partial charge in [0.25, 0.3) is 5.91 Å². The molecular formula is C14H18ClN3O3. The molecule has 1 aliphatic heterocycles. The van der Waals surface area contributed by atoms with Gasteiger partial charge in [-0.15, -0.1) is 0 Å². The van der Waals surface area contributed by atoms with E-state index in [0.29, 0.717) is 30.4 Å². The summed E-state index contributed by atoms with van der Waals surface area (Å²) in [6, 6.07) is 3.10. The van der Waals surface area contributed by atoms with Gasteiger partial charge in [-0.05, 0) is 31.9 Å². The second-order valence-corrected chi connectivity index (χ2v) is 5.21. The van der Waals surface area contributed by atoms with E-state index in [1.807, 2.05) is 0 Å². The molecule has 1 saturated heterocycles. The number of amides is 2. The van der Waals surface area contributed by atoms with Crippen LogP contribution in [-0.2, 0) is 4.74 Å². The average molecular weight is 312 g/mol. The Morgan fingerprint density at radius 1 is 1.57 bits per heavy atom. The fourth-order valence-electron chi connectivity index (χ4n) is 2.34. The topological polar surface area (TPSA) is 71.5 Å². The molecule has 1 aromatic rings. The van der Waals surface area contributed by atoms with Gasteiger partial charge in [0.15, 0.2) is 0 Å². The minimum atomic E-state index is -0.441. The summed E-state index contributed by atoms with van der Waals surface area (Å²) in [6.07, 6.45) is 2.73. The number of halogens is 1. The van der Waals surface area contributed by atoms with Crippen molar-refractivity contribution in [3.63, 3.8) is 0 Å². The minimum absolute atomic E-state index is 0.0842. The van der Waals surface area contributed by atoms with Gasteiger partial charge < -0.3 is 15.0 Å². The van der Waals surface area contributed by atoms with Crippen LogP contribution in [0.2, 0.25) is 5.15 Å². The van der Waals surface area contributed by atoms with Gasteiger partial charge in [-0.25, -0.2) is 9.78 Å². The largest absolute Gasteiger partial charge is 0.450 e. The second-order valence-electron chi connectivity index (χ2n) is 4.82. The first kappa shape index (κ1) is 15.6. The van der Waals surface area contributed by atoms with Crippen LogP contribution in [0.4, 0.5) is 4.79 Å². The summed E-state index contributed by atoms with van der Waals surface area (Å²) in [5.74, 6) is -0.102. The molecule has 0 saturated carbocycles. The zero-order valence-electron chi connectivity index (χ0n) is 11.8. The van der Waals surface area contributed by atoms with Gasteiger partial charge in [0.05, 0.1) is 6.61 Å². The van der Waals surface area contributed by atoms with Crippen LogP contribution in [0.5, 0.6) is 0 Å². The number of pyridine rings is 1. The molecule has 1 aromatic heterocycles. The Bertz CT molecular complexity index is 524. The third kappa shape index (κ3) is 4.32. The van der Waals surface area contributed by atoms with Crippen LogP contribution in [0.15, 0.2) is 18.3 Å². The number of nitrogens with one attached hydrogen (secondary N) is 1. The van der Waals surface area contributed by atoms with Crippen molar-refractivity contribution in [3.05, 3.63) is 29.0 Å². The first-order valence-corrected chi connectivity index (χ1v) is 7.32. The van der Waals surface area contributed by atoms with Crippen molar-refractivity contribution in [1.82, 2.24) is 15.2 Å². The molecule has 0 radical (unpaired) electrons. The van der Waals surface area contributed by atoms with E-state index in [4.69, 9.17) is 16.3 Å². The van der Waals surface area contributed by atoms with Crippen LogP contribution in [0.25, 0.3) is 0 Å². The lowest BCUT2D eigenvalue weighted by Crippen LogP contribution is -2.49. The van der Waals surface area contributed by atoms with Gasteiger partial charge in [-0.1, -0.05) is 11.6 Å². The lowest BCUT2D eigenvalue weighted by atomic mass is 10.0. The summed E-state index contributed by atoms with van der Waals surface area (Å²) in [6.45, 7) is 3.22. The summed E-state index contributed by atoms with van der Waals surface area (Å²) in [5.41, 5.74) is 0.506. The lowest BCUT2D eigenvalue weighted by Gasteiger charge is -2.33. The molecule has 0 unspecified atom stereocenters. The van der Waals surface area contributed by atoms with Gasteiger partial charge in [-0.3, -0.25) is 4.79 Å². The number of rotatable bonds is 3. The molecule has 114 valence electrons. The van der Waals surface area contributed by atoms with Crippen LogP contribution >= 0.6 is 11.6 Å². The van der Waals surface area contributed by atoms with E-state index < -0.39 is 6.09 Å². The van der Waals surface area contributed by atoms with Crippen LogP contribution in [0, 0.1) is 0 Å². The normalized spacial score (nSPS) is 18.2. The molecule has 7 heteroatoms. The number of hydrogen-bond donors (Lipinski definition) is 1. The number of carbonyl (C=O) groups excluding carboxylic acids is 2. The van der Waals surface area contributed by atoms with Crippen LogP contribution < -0.4 is 5.32 Å². The predicted molar refractivity (Wildman–Crippen MR) is 78.3 cm³/mol. The molecule has 0 spiro atoms. The lowest BCUT2D eigenvalue weighted by molar-refractivity contribution is 0.0686. The fourth-order valence-corrected chi connectivity index (χ4v) is 2.51. The first-order valence-electron chi connectivity index (χ1n) is 6.94. The van der Waals surface area contributed by atoms with E-state index in [1.54, 1.807) is 24.0 Å². The Kier molecular flexibility index (Phi) is 5.38. The highest BCUT2D eigenvalue weighted by Gasteiger charge is 2.25. The summed E-state index contributed by atoms with van der Waals surface area (Å²) in [5, 5.41) is 3.06. The van der Waals surface area contributed by atoms with E-state index in [-0.39, 0.29) is 11.9 Å². The van der Waals surface area contributed by atoms with E-state index in [9.17, 15) is 9.59 Å². The predicted octanol–water partition coefficient (Wildman–Crippen LogP) is 2.09. The number of nitrogens with zero attached hydrogens (tertiary/aromatic N) is 2. The number of hydrogen-bond acceptors (Lipinski definition) is 4. The molecule has 0 aliphatic carbocycles. The summed E-state index contributed by atoms with van der Waals surface area (Å²) >= 11 is 5.80. The van der Waals surface area contributed by atoms with E-state index >= 15 is 0 Å². The number of alkyl carbamates (subject to hydrolysis) is 1. The van der Waals surface area contributed by atoms with Crippen molar-refractivity contribution in [1.29, 1.82) is 0 Å². The van der Waals surface area contributed by atoms with Gasteiger partial charge in [0.1, 0.15) is 5.15 Å². The van der Waals surface area contributed by atoms with E-state index in [1.165, 1.54) is 6.20 Å². The monoisotopic (exact) mass is 311 g/mol. The van der Waals surface area contributed by atoms with Gasteiger partial charge in [-0.2, -0.15) is 0 Å². The van der Waals surface area contributed by atoms with Gasteiger partial charge in [0, 0.05) is 30.9 Å². The molecule has 0 bridgehead atoms. The number of piperidine rings is 1. The van der Waals surface area contributed by atoms with Crippen molar-refractivity contribution in [2.45, 2.75) is 25.8 Å². The fraction of sp³-hybridized carbons (Fsp3) is 0.500. The molecule has 2 rings (SSSR count). The SMILES string of the molecule is CCOC(=O)N[C@H]1CCCN(C(=O)c2ccnc(Cl)c2)C1. The Morgan fingerprint density at radius 2 is 2.38 bits per heavy atom. The van der Waals surface area contributed by atoms with Crippen molar-refractivity contribution in [3.8, 4) is 0 Å². The molecule has 1 N–H and O–H groups in total. The van der Waals surface area contributed by atoms with E-state index in [0.717, 1.165) is 12.8 Å². The van der Waals surface area contributed by atoms with Gasteiger partial charge >= 0.3 is 6.09 Å². The maximum absolute atomic E-state index is 12.4. The minimum Gasteiger partial charge on any atom is -0.450 e. The molecule has 1 fully saturated rings. The first-order chi connectivity index (χ1) is 10.1. The standard InChI is InChI=1S/C14H18ClN3O3/c1-2-21-14(20)17-11-4-3-7-18(9-11)13(19)10-5-6-16-12(15)8-10/h5-6,8,11H,2-4,7,9H2,1H3,(H,17,20)/t11-/m0/s1. The smallest absolute Gasteiger partial charge is 0.407 e. The number of likely N-dealkylation sites (tertiary alicyclic amines) is 1. The highest BCUT2D eigenvalue weighted by molar-refractivity contribution is 6.29. The van der Waals surface area contributed by atoms with Gasteiger partial charge in [0.2, 0.25) is 0 Å². The third-order valence-corrected chi connectivity index (χ3v) is 3.49. The quantitative estimate of drug-likeness (QED) is 0.868. The molecule has 2 heterocycles. The van der Waals surface area contributed by atoms with Crippen molar-refractivity contribution in [2.24, 2.45) is 0 Å².